The topological polar surface area (TPSA) is 114 Å². The lowest BCUT2D eigenvalue weighted by Crippen LogP contribution is -2.52. The molecular weight excluding hydrogens is 432 g/mol. The number of rotatable bonds is 3. The second kappa shape index (κ2) is 8.71. The highest BCUT2D eigenvalue weighted by atomic mass is 16.6. The second-order valence-electron chi connectivity index (χ2n) is 10.3. The van der Waals surface area contributed by atoms with Crippen molar-refractivity contribution in [3.8, 4) is 6.07 Å². The van der Waals surface area contributed by atoms with Gasteiger partial charge in [-0.05, 0) is 57.1 Å². The average molecular weight is 463 g/mol. The van der Waals surface area contributed by atoms with E-state index in [4.69, 9.17) is 9.84 Å². The van der Waals surface area contributed by atoms with Crippen LogP contribution in [0.25, 0.3) is 0 Å². The van der Waals surface area contributed by atoms with Crippen molar-refractivity contribution in [2.24, 2.45) is 17.8 Å². The number of nitrogens with one attached hydrogen (secondary N) is 1. The third-order valence-electron chi connectivity index (χ3n) is 6.98. The molecule has 34 heavy (non-hydrogen) atoms. The van der Waals surface area contributed by atoms with E-state index in [9.17, 15) is 19.6 Å². The summed E-state index contributed by atoms with van der Waals surface area (Å²) in [5.41, 5.74) is 1.39. The van der Waals surface area contributed by atoms with Crippen LogP contribution in [0.3, 0.4) is 0 Å². The van der Waals surface area contributed by atoms with Gasteiger partial charge >= 0.3 is 6.09 Å². The summed E-state index contributed by atoms with van der Waals surface area (Å²) in [4.78, 5) is 37.8. The molecule has 1 N–H and O–H groups in total. The number of hydrogen-bond acceptors (Lipinski definition) is 6. The van der Waals surface area contributed by atoms with Gasteiger partial charge in [-0.2, -0.15) is 10.4 Å². The zero-order valence-electron chi connectivity index (χ0n) is 20.0. The molecule has 4 rings (SSSR count). The highest BCUT2D eigenvalue weighted by Gasteiger charge is 2.56. The van der Waals surface area contributed by atoms with Crippen molar-refractivity contribution in [1.29, 1.82) is 5.26 Å². The van der Waals surface area contributed by atoms with Crippen molar-refractivity contribution in [2.75, 3.05) is 6.54 Å². The van der Waals surface area contributed by atoms with Crippen molar-refractivity contribution in [3.63, 3.8) is 0 Å². The number of aryl methyl sites for hydroxylation is 1. The lowest BCUT2D eigenvalue weighted by Gasteiger charge is -2.50. The van der Waals surface area contributed by atoms with E-state index in [-0.39, 0.29) is 24.2 Å². The number of hydrogen-bond donors (Lipinski definition) is 1. The molecule has 8 heteroatoms. The first-order chi connectivity index (χ1) is 16.1. The van der Waals surface area contributed by atoms with Crippen LogP contribution in [0, 0.1) is 29.1 Å². The molecule has 178 valence electrons. The predicted octanol–water partition coefficient (Wildman–Crippen LogP) is 3.65. The van der Waals surface area contributed by atoms with Gasteiger partial charge in [-0.3, -0.25) is 9.59 Å². The first kappa shape index (κ1) is 23.7. The molecule has 0 saturated heterocycles. The number of amides is 1. The smallest absolute Gasteiger partial charge is 0.408 e. The summed E-state index contributed by atoms with van der Waals surface area (Å²) in [7, 11) is 0. The highest BCUT2D eigenvalue weighted by Crippen LogP contribution is 2.55. The molecule has 2 unspecified atom stereocenters. The van der Waals surface area contributed by atoms with Gasteiger partial charge in [0, 0.05) is 17.5 Å². The minimum atomic E-state index is -0.730. The van der Waals surface area contributed by atoms with Gasteiger partial charge in [0.05, 0.1) is 11.8 Å². The summed E-state index contributed by atoms with van der Waals surface area (Å²) < 4.78 is 6.48. The average Bonchev–Trinajstić information content (AvgIpc) is 3.24. The van der Waals surface area contributed by atoms with Gasteiger partial charge in [-0.15, -0.1) is 0 Å². The van der Waals surface area contributed by atoms with E-state index in [1.54, 1.807) is 27.0 Å². The van der Waals surface area contributed by atoms with Gasteiger partial charge in [0.25, 0.3) is 5.91 Å². The largest absolute Gasteiger partial charge is 0.444 e. The van der Waals surface area contributed by atoms with Gasteiger partial charge in [0.15, 0.2) is 5.78 Å². The maximum Gasteiger partial charge on any atom is 0.408 e. The number of benzene rings is 1. The number of aromatic nitrogens is 2. The quantitative estimate of drug-likeness (QED) is 0.745. The number of carbonyl (C=O) groups excluding carboxylic acids is 3. The van der Waals surface area contributed by atoms with Crippen molar-refractivity contribution >= 4 is 17.8 Å². The highest BCUT2D eigenvalue weighted by molar-refractivity contribution is 5.88. The standard InChI is InChI=1S/C26H30N4O4/c1-16-20-11-10-17-15-30(21(31)14-28-24(33)34-25(2,3)4)29-23(17)26(20,12-18(13-27)22(16)32)19-8-6-5-7-9-19/h5-9,15-16,18,20H,10-12,14H2,1-4H3,(H,28,33)/t16-,18?,20?,26-/m0/s1. The number of ketones is 1. The Labute approximate surface area is 199 Å². The summed E-state index contributed by atoms with van der Waals surface area (Å²) in [6.07, 6.45) is 2.85. The summed E-state index contributed by atoms with van der Waals surface area (Å²) in [5.74, 6) is -1.44. The van der Waals surface area contributed by atoms with Gasteiger partial charge < -0.3 is 10.1 Å². The molecule has 2 aliphatic carbocycles. The Hall–Kier alpha value is -3.47. The maximum atomic E-state index is 12.9. The Morgan fingerprint density at radius 2 is 2.00 bits per heavy atom. The van der Waals surface area contributed by atoms with Crippen molar-refractivity contribution in [2.45, 2.75) is 58.0 Å². The Balaban J connectivity index is 1.70. The molecule has 0 radical (unpaired) electrons. The fourth-order valence-electron chi connectivity index (χ4n) is 5.55. The third-order valence-corrected chi connectivity index (χ3v) is 6.98. The molecule has 1 saturated carbocycles. The van der Waals surface area contributed by atoms with Gasteiger partial charge in [-0.25, -0.2) is 9.48 Å². The van der Waals surface area contributed by atoms with Crippen molar-refractivity contribution in [1.82, 2.24) is 15.1 Å². The Morgan fingerprint density at radius 3 is 2.65 bits per heavy atom. The molecule has 1 heterocycles. The first-order valence-electron chi connectivity index (χ1n) is 11.6. The fourth-order valence-corrected chi connectivity index (χ4v) is 5.55. The van der Waals surface area contributed by atoms with E-state index in [0.29, 0.717) is 12.8 Å². The minimum Gasteiger partial charge on any atom is -0.444 e. The zero-order valence-corrected chi connectivity index (χ0v) is 20.0. The van der Waals surface area contributed by atoms with Crippen LogP contribution in [0.2, 0.25) is 0 Å². The predicted molar refractivity (Wildman–Crippen MR) is 124 cm³/mol. The van der Waals surface area contributed by atoms with Gasteiger partial charge in [0.1, 0.15) is 18.1 Å². The summed E-state index contributed by atoms with van der Waals surface area (Å²) >= 11 is 0. The normalized spacial score (nSPS) is 26.1. The van der Waals surface area contributed by atoms with E-state index in [1.807, 2.05) is 37.3 Å². The maximum absolute atomic E-state index is 12.9. The minimum absolute atomic E-state index is 0.0143. The molecule has 8 nitrogen and oxygen atoms in total. The molecule has 0 aliphatic heterocycles. The molecule has 1 aromatic carbocycles. The van der Waals surface area contributed by atoms with Crippen LogP contribution in [0.4, 0.5) is 4.79 Å². The van der Waals surface area contributed by atoms with Crippen LogP contribution in [0.1, 0.15) is 62.2 Å². The summed E-state index contributed by atoms with van der Waals surface area (Å²) in [5, 5.41) is 17.0. The monoisotopic (exact) mass is 462 g/mol. The Morgan fingerprint density at radius 1 is 1.29 bits per heavy atom. The zero-order chi connectivity index (χ0) is 24.7. The molecule has 0 bridgehead atoms. The molecule has 1 fully saturated rings. The SMILES string of the molecule is C[C@@H]1C(=O)C(C#N)C[C@@]2(c3ccccc3)c3nn(C(=O)CNC(=O)OC(C)(C)C)cc3CCC12. The summed E-state index contributed by atoms with van der Waals surface area (Å²) in [6, 6.07) is 12.1. The lowest BCUT2D eigenvalue weighted by molar-refractivity contribution is -0.131. The van der Waals surface area contributed by atoms with Crippen LogP contribution in [-0.4, -0.2) is 39.7 Å². The number of nitrogens with zero attached hydrogens (tertiary/aromatic N) is 3. The number of carbonyl (C=O) groups is 3. The second-order valence-corrected chi connectivity index (χ2v) is 10.3. The molecular formula is C26H30N4O4. The van der Waals surface area contributed by atoms with Crippen LogP contribution in [-0.2, 0) is 21.4 Å². The first-order valence-corrected chi connectivity index (χ1v) is 11.6. The Kier molecular flexibility index (Phi) is 6.07. The molecule has 2 aliphatic rings. The van der Waals surface area contributed by atoms with E-state index in [2.05, 4.69) is 11.4 Å². The molecule has 0 spiro atoms. The van der Waals surface area contributed by atoms with Gasteiger partial charge in [0.2, 0.25) is 0 Å². The van der Waals surface area contributed by atoms with Crippen LogP contribution in [0.5, 0.6) is 0 Å². The molecule has 4 atom stereocenters. The number of Topliss-reactive ketones (excluding diaryl/α,β-unsaturated/α-hetero) is 1. The number of fused-ring (bicyclic) bond motifs is 3. The van der Waals surface area contributed by atoms with E-state index >= 15 is 0 Å². The van der Waals surface area contributed by atoms with E-state index in [0.717, 1.165) is 23.2 Å². The third kappa shape index (κ3) is 4.11. The Bertz CT molecular complexity index is 1160. The van der Waals surface area contributed by atoms with E-state index in [1.165, 1.54) is 4.68 Å². The van der Waals surface area contributed by atoms with E-state index < -0.39 is 28.9 Å². The molecule has 1 aromatic heterocycles. The lowest BCUT2D eigenvalue weighted by atomic mass is 9.51. The van der Waals surface area contributed by atoms with Crippen molar-refractivity contribution in [3.05, 3.63) is 53.3 Å². The summed E-state index contributed by atoms with van der Waals surface area (Å²) in [6.45, 7) is 6.90. The van der Waals surface area contributed by atoms with Crippen LogP contribution >= 0.6 is 0 Å². The molecule has 2 aromatic rings. The van der Waals surface area contributed by atoms with Crippen LogP contribution in [0.15, 0.2) is 36.5 Å². The van der Waals surface area contributed by atoms with Gasteiger partial charge in [-0.1, -0.05) is 37.3 Å². The van der Waals surface area contributed by atoms with Crippen molar-refractivity contribution < 1.29 is 19.1 Å². The number of nitriles is 1. The molecule has 1 amide bonds. The van der Waals surface area contributed by atoms with Crippen LogP contribution < -0.4 is 5.32 Å². The number of ether oxygens (including phenoxy) is 1. The fraction of sp³-hybridized carbons (Fsp3) is 0.500. The number of alkyl carbamates (subject to hydrolysis) is 1.